The Bertz CT molecular complexity index is 759. The Morgan fingerprint density at radius 1 is 1.04 bits per heavy atom. The molecule has 1 heterocycles. The monoisotopic (exact) mass is 365 g/mol. The molecule has 0 amide bonds. The van der Waals surface area contributed by atoms with E-state index in [4.69, 9.17) is 9.47 Å². The molecule has 0 aromatic heterocycles. The number of nitrogens with zero attached hydrogens (tertiary/aromatic N) is 1. The summed E-state index contributed by atoms with van der Waals surface area (Å²) < 4.78 is 10.9. The molecule has 1 aliphatic heterocycles. The molecule has 0 spiro atoms. The van der Waals surface area contributed by atoms with Gasteiger partial charge in [-0.2, -0.15) is 0 Å². The molecule has 2 fully saturated rings. The van der Waals surface area contributed by atoms with Crippen molar-refractivity contribution in [3.63, 3.8) is 0 Å². The fourth-order valence-corrected chi connectivity index (χ4v) is 4.58. The van der Waals surface area contributed by atoms with Gasteiger partial charge < -0.3 is 9.47 Å². The van der Waals surface area contributed by atoms with Crippen LogP contribution in [0.4, 0.5) is 0 Å². The highest BCUT2D eigenvalue weighted by atomic mass is 16.5. The number of hydrogen-bond acceptors (Lipinski definition) is 4. The van der Waals surface area contributed by atoms with E-state index in [1.54, 1.807) is 0 Å². The van der Waals surface area contributed by atoms with Crippen molar-refractivity contribution in [1.82, 2.24) is 4.90 Å². The summed E-state index contributed by atoms with van der Waals surface area (Å²) >= 11 is 0. The van der Waals surface area contributed by atoms with Crippen LogP contribution in [0.1, 0.15) is 24.0 Å². The van der Waals surface area contributed by atoms with E-state index in [0.29, 0.717) is 18.6 Å². The smallest absolute Gasteiger partial charge is 0.309 e. The van der Waals surface area contributed by atoms with Gasteiger partial charge in [0.25, 0.3) is 0 Å². The third-order valence-corrected chi connectivity index (χ3v) is 5.98. The van der Waals surface area contributed by atoms with Crippen LogP contribution in [0.3, 0.4) is 0 Å². The zero-order valence-corrected chi connectivity index (χ0v) is 15.8. The molecule has 1 saturated heterocycles. The van der Waals surface area contributed by atoms with Crippen LogP contribution in [0.5, 0.6) is 5.75 Å². The summed E-state index contributed by atoms with van der Waals surface area (Å²) in [4.78, 5) is 14.3. The highest BCUT2D eigenvalue weighted by Gasteiger charge is 2.47. The number of benzene rings is 2. The van der Waals surface area contributed by atoms with Gasteiger partial charge in [-0.1, -0.05) is 42.5 Å². The molecule has 142 valence electrons. The second kappa shape index (κ2) is 8.13. The molecule has 1 aliphatic carbocycles. The Labute approximate surface area is 161 Å². The van der Waals surface area contributed by atoms with Crippen LogP contribution in [-0.2, 0) is 16.0 Å². The van der Waals surface area contributed by atoms with Crippen molar-refractivity contribution < 1.29 is 14.3 Å². The summed E-state index contributed by atoms with van der Waals surface area (Å²) in [7, 11) is 1.49. The summed E-state index contributed by atoms with van der Waals surface area (Å²) in [5.41, 5.74) is 2.61. The molecule has 1 saturated carbocycles. The van der Waals surface area contributed by atoms with Gasteiger partial charge >= 0.3 is 5.97 Å². The molecule has 4 rings (SSSR count). The van der Waals surface area contributed by atoms with Gasteiger partial charge in [0.05, 0.1) is 13.0 Å². The van der Waals surface area contributed by atoms with Gasteiger partial charge in [-0.25, -0.2) is 0 Å². The highest BCUT2D eigenvalue weighted by Crippen LogP contribution is 2.42. The van der Waals surface area contributed by atoms with Crippen LogP contribution in [0.25, 0.3) is 0 Å². The van der Waals surface area contributed by atoms with E-state index in [2.05, 4.69) is 53.4 Å². The largest absolute Gasteiger partial charge is 0.492 e. The van der Waals surface area contributed by atoms with Gasteiger partial charge in [0.1, 0.15) is 12.4 Å². The van der Waals surface area contributed by atoms with Crippen LogP contribution in [0, 0.1) is 11.8 Å². The lowest BCUT2D eigenvalue weighted by molar-refractivity contribution is -0.147. The first kappa shape index (κ1) is 18.1. The summed E-state index contributed by atoms with van der Waals surface area (Å²) in [6.45, 7) is 2.59. The maximum Gasteiger partial charge on any atom is 0.309 e. The molecule has 4 heteroatoms. The van der Waals surface area contributed by atoms with Crippen molar-refractivity contribution in [2.45, 2.75) is 25.3 Å². The van der Waals surface area contributed by atoms with Crippen molar-refractivity contribution in [1.29, 1.82) is 0 Å². The first-order valence-corrected chi connectivity index (χ1v) is 9.80. The zero-order chi connectivity index (χ0) is 18.6. The third-order valence-electron chi connectivity index (χ3n) is 5.98. The van der Waals surface area contributed by atoms with E-state index < -0.39 is 0 Å². The van der Waals surface area contributed by atoms with E-state index in [1.165, 1.54) is 18.2 Å². The second-order valence-electron chi connectivity index (χ2n) is 7.66. The normalized spacial score (nSPS) is 24.1. The number of esters is 1. The van der Waals surface area contributed by atoms with Crippen molar-refractivity contribution in [3.05, 3.63) is 65.7 Å². The average Bonchev–Trinajstić information content (AvgIpc) is 3.30. The van der Waals surface area contributed by atoms with Gasteiger partial charge in [-0.15, -0.1) is 0 Å². The molecule has 2 aromatic rings. The quantitative estimate of drug-likeness (QED) is 0.704. The number of ether oxygens (including phenoxy) is 2. The minimum atomic E-state index is -0.0333. The SMILES string of the molecule is COC(=O)C1CC2CC1CN2CCOc1ccc(Cc2ccccc2)cc1. The average molecular weight is 365 g/mol. The molecule has 27 heavy (non-hydrogen) atoms. The van der Waals surface area contributed by atoms with Crippen molar-refractivity contribution in [2.75, 3.05) is 26.8 Å². The molecule has 3 unspecified atom stereocenters. The van der Waals surface area contributed by atoms with E-state index in [0.717, 1.165) is 38.1 Å². The minimum absolute atomic E-state index is 0.0333. The highest BCUT2D eigenvalue weighted by molar-refractivity contribution is 5.73. The lowest BCUT2D eigenvalue weighted by Crippen LogP contribution is -2.40. The first-order valence-electron chi connectivity index (χ1n) is 9.80. The predicted molar refractivity (Wildman–Crippen MR) is 105 cm³/mol. The summed E-state index contributed by atoms with van der Waals surface area (Å²) in [6.07, 6.45) is 3.00. The zero-order valence-electron chi connectivity index (χ0n) is 15.8. The number of carbonyl (C=O) groups excluding carboxylic acids is 1. The number of methoxy groups -OCH3 is 1. The minimum Gasteiger partial charge on any atom is -0.492 e. The maximum atomic E-state index is 11.8. The second-order valence-corrected chi connectivity index (χ2v) is 7.66. The van der Waals surface area contributed by atoms with Crippen LogP contribution in [0.2, 0.25) is 0 Å². The van der Waals surface area contributed by atoms with Crippen molar-refractivity contribution in [3.8, 4) is 5.75 Å². The van der Waals surface area contributed by atoms with Crippen LogP contribution >= 0.6 is 0 Å². The molecule has 4 nitrogen and oxygen atoms in total. The van der Waals surface area contributed by atoms with E-state index in [-0.39, 0.29) is 11.9 Å². The molecule has 2 bridgehead atoms. The van der Waals surface area contributed by atoms with Gasteiger partial charge in [0.2, 0.25) is 0 Å². The number of carbonyl (C=O) groups is 1. The number of hydrogen-bond donors (Lipinski definition) is 0. The standard InChI is InChI=1S/C23H27NO3/c1-26-23(25)22-15-20-14-19(22)16-24(20)11-12-27-21-9-7-18(8-10-21)13-17-5-3-2-4-6-17/h2-10,19-20,22H,11-16H2,1H3. The van der Waals surface area contributed by atoms with E-state index >= 15 is 0 Å². The molecule has 2 aliphatic rings. The first-order chi connectivity index (χ1) is 13.2. The van der Waals surface area contributed by atoms with E-state index in [9.17, 15) is 4.79 Å². The number of piperidine rings is 1. The Kier molecular flexibility index (Phi) is 5.44. The molecular formula is C23H27NO3. The number of rotatable bonds is 7. The number of likely N-dealkylation sites (tertiary alicyclic amines) is 1. The van der Waals surface area contributed by atoms with Gasteiger partial charge in [-0.3, -0.25) is 9.69 Å². The van der Waals surface area contributed by atoms with Crippen molar-refractivity contribution >= 4 is 5.97 Å². The molecule has 0 radical (unpaired) electrons. The lowest BCUT2D eigenvalue weighted by Gasteiger charge is -2.30. The van der Waals surface area contributed by atoms with Gasteiger partial charge in [0, 0.05) is 19.1 Å². The fourth-order valence-electron chi connectivity index (χ4n) is 4.58. The molecule has 3 atom stereocenters. The third kappa shape index (κ3) is 4.16. The summed E-state index contributed by atoms with van der Waals surface area (Å²) in [5, 5.41) is 0. The number of fused-ring (bicyclic) bond motifs is 2. The summed E-state index contributed by atoms with van der Waals surface area (Å²) in [6, 6.07) is 19.4. The topological polar surface area (TPSA) is 38.8 Å². The predicted octanol–water partition coefficient (Wildman–Crippen LogP) is 3.54. The molecule has 0 N–H and O–H groups in total. The molecular weight excluding hydrogens is 338 g/mol. The van der Waals surface area contributed by atoms with Crippen LogP contribution in [-0.4, -0.2) is 43.7 Å². The maximum absolute atomic E-state index is 11.8. The Morgan fingerprint density at radius 2 is 1.78 bits per heavy atom. The van der Waals surface area contributed by atoms with Crippen LogP contribution in [0.15, 0.2) is 54.6 Å². The van der Waals surface area contributed by atoms with Crippen LogP contribution < -0.4 is 4.74 Å². The van der Waals surface area contributed by atoms with Gasteiger partial charge in [-0.05, 0) is 48.4 Å². The molecule has 2 aromatic carbocycles. The Balaban J connectivity index is 1.22. The van der Waals surface area contributed by atoms with Gasteiger partial charge in [0.15, 0.2) is 0 Å². The lowest BCUT2D eigenvalue weighted by atomic mass is 9.95. The Morgan fingerprint density at radius 3 is 2.44 bits per heavy atom. The van der Waals surface area contributed by atoms with Crippen molar-refractivity contribution in [2.24, 2.45) is 11.8 Å². The Hall–Kier alpha value is -2.33. The summed E-state index contributed by atoms with van der Waals surface area (Å²) in [5.74, 6) is 1.45. The fraction of sp³-hybridized carbons (Fsp3) is 0.435. The van der Waals surface area contributed by atoms with E-state index in [1.807, 2.05) is 6.07 Å².